The maximum atomic E-state index is 11.3. The number of aromatic nitrogens is 1. The summed E-state index contributed by atoms with van der Waals surface area (Å²) in [6.45, 7) is 0. The van der Waals surface area contributed by atoms with Gasteiger partial charge in [-0.2, -0.15) is 5.26 Å². The lowest BCUT2D eigenvalue weighted by molar-refractivity contribution is 0.0600. The summed E-state index contributed by atoms with van der Waals surface area (Å²) in [5.74, 6) is -0.428. The number of rotatable bonds is 2. The van der Waals surface area contributed by atoms with Gasteiger partial charge in [-0.1, -0.05) is 18.2 Å². The van der Waals surface area contributed by atoms with E-state index in [0.29, 0.717) is 16.8 Å². The predicted molar refractivity (Wildman–Crippen MR) is 65.7 cm³/mol. The molecule has 0 atom stereocenters. The first kappa shape index (κ1) is 11.8. The second kappa shape index (κ2) is 5.11. The molecule has 0 spiro atoms. The molecule has 0 saturated heterocycles. The molecule has 18 heavy (non-hydrogen) atoms. The summed E-state index contributed by atoms with van der Waals surface area (Å²) >= 11 is 0. The van der Waals surface area contributed by atoms with Crippen molar-refractivity contribution in [2.24, 2.45) is 0 Å². The molecular weight excluding hydrogens is 228 g/mol. The van der Waals surface area contributed by atoms with Crippen LogP contribution in [0.4, 0.5) is 0 Å². The van der Waals surface area contributed by atoms with Gasteiger partial charge in [0.1, 0.15) is 0 Å². The van der Waals surface area contributed by atoms with E-state index >= 15 is 0 Å². The highest BCUT2D eigenvalue weighted by atomic mass is 16.5. The lowest BCUT2D eigenvalue weighted by atomic mass is 10.0. The normalized spacial score (nSPS) is 9.56. The van der Waals surface area contributed by atoms with Gasteiger partial charge in [0.2, 0.25) is 0 Å². The van der Waals surface area contributed by atoms with Crippen LogP contribution in [-0.4, -0.2) is 18.1 Å². The molecule has 4 heteroatoms. The number of hydrogen-bond donors (Lipinski definition) is 0. The van der Waals surface area contributed by atoms with Crippen LogP contribution in [0.15, 0.2) is 42.6 Å². The van der Waals surface area contributed by atoms with Gasteiger partial charge in [0.15, 0.2) is 0 Å². The van der Waals surface area contributed by atoms with Gasteiger partial charge >= 0.3 is 5.97 Å². The number of methoxy groups -OCH3 is 1. The van der Waals surface area contributed by atoms with E-state index in [1.807, 2.05) is 12.1 Å². The molecule has 0 N–H and O–H groups in total. The van der Waals surface area contributed by atoms with E-state index in [2.05, 4.69) is 15.8 Å². The zero-order valence-corrected chi connectivity index (χ0v) is 9.75. The highest BCUT2D eigenvalue weighted by Gasteiger charge is 2.08. The number of nitrogens with zero attached hydrogens (tertiary/aromatic N) is 2. The summed E-state index contributed by atoms with van der Waals surface area (Å²) in [5.41, 5.74) is 2.34. The Balaban J connectivity index is 2.41. The highest BCUT2D eigenvalue weighted by Crippen LogP contribution is 2.21. The van der Waals surface area contributed by atoms with E-state index in [1.54, 1.807) is 24.3 Å². The molecule has 0 aliphatic heterocycles. The molecule has 0 saturated carbocycles. The van der Waals surface area contributed by atoms with Crippen molar-refractivity contribution in [1.29, 1.82) is 5.26 Å². The van der Waals surface area contributed by atoms with Gasteiger partial charge in [0.05, 0.1) is 30.0 Å². The van der Waals surface area contributed by atoms with E-state index < -0.39 is 5.97 Å². The molecule has 0 bridgehead atoms. The van der Waals surface area contributed by atoms with Crippen LogP contribution >= 0.6 is 0 Å². The Morgan fingerprint density at radius 1 is 1.28 bits per heavy atom. The van der Waals surface area contributed by atoms with Crippen molar-refractivity contribution in [2.75, 3.05) is 7.11 Å². The minimum Gasteiger partial charge on any atom is -0.465 e. The lowest BCUT2D eigenvalue weighted by Gasteiger charge is -2.04. The van der Waals surface area contributed by atoms with Crippen molar-refractivity contribution in [3.63, 3.8) is 0 Å². The van der Waals surface area contributed by atoms with E-state index in [4.69, 9.17) is 5.26 Å². The van der Waals surface area contributed by atoms with Crippen molar-refractivity contribution in [1.82, 2.24) is 4.98 Å². The number of benzene rings is 1. The molecule has 0 radical (unpaired) electrons. The first-order valence-electron chi connectivity index (χ1n) is 5.30. The third-order valence-electron chi connectivity index (χ3n) is 2.51. The quantitative estimate of drug-likeness (QED) is 0.753. The van der Waals surface area contributed by atoms with Crippen LogP contribution in [0, 0.1) is 11.3 Å². The molecule has 0 amide bonds. The first-order valence-corrected chi connectivity index (χ1v) is 5.30. The fraction of sp³-hybridized carbons (Fsp3) is 0.0714. The number of pyridine rings is 1. The standard InChI is InChI=1S/C14H10N2O2/c1-18-14(17)11-6-7-13(16-9-11)12-5-3-2-4-10(12)8-15/h2-7,9H,1H3. The van der Waals surface area contributed by atoms with Crippen molar-refractivity contribution >= 4 is 5.97 Å². The minimum absolute atomic E-state index is 0.385. The average Bonchev–Trinajstić information content (AvgIpc) is 2.46. The van der Waals surface area contributed by atoms with Crippen molar-refractivity contribution in [2.45, 2.75) is 0 Å². The number of carbonyl (C=O) groups excluding carboxylic acids is 1. The molecule has 1 heterocycles. The molecule has 88 valence electrons. The molecule has 0 aliphatic rings. The Bertz CT molecular complexity index is 612. The Labute approximate surface area is 104 Å². The van der Waals surface area contributed by atoms with Crippen LogP contribution in [-0.2, 0) is 4.74 Å². The van der Waals surface area contributed by atoms with Crippen LogP contribution in [0.5, 0.6) is 0 Å². The van der Waals surface area contributed by atoms with Gasteiger partial charge < -0.3 is 4.74 Å². The minimum atomic E-state index is -0.428. The summed E-state index contributed by atoms with van der Waals surface area (Å²) in [6, 6.07) is 12.6. The van der Waals surface area contributed by atoms with Gasteiger partial charge in [-0.15, -0.1) is 0 Å². The summed E-state index contributed by atoms with van der Waals surface area (Å²) in [4.78, 5) is 15.4. The van der Waals surface area contributed by atoms with Crippen LogP contribution in [0.1, 0.15) is 15.9 Å². The van der Waals surface area contributed by atoms with Gasteiger partial charge in [0, 0.05) is 11.8 Å². The molecule has 2 rings (SSSR count). The van der Waals surface area contributed by atoms with Crippen LogP contribution in [0.2, 0.25) is 0 Å². The monoisotopic (exact) mass is 238 g/mol. The number of carbonyl (C=O) groups is 1. The molecule has 1 aromatic heterocycles. The maximum Gasteiger partial charge on any atom is 0.339 e. The Morgan fingerprint density at radius 3 is 2.67 bits per heavy atom. The summed E-state index contributed by atoms with van der Waals surface area (Å²) in [7, 11) is 1.32. The molecule has 0 unspecified atom stereocenters. The van der Waals surface area contributed by atoms with Crippen LogP contribution in [0.25, 0.3) is 11.3 Å². The summed E-state index contributed by atoms with van der Waals surface area (Å²) < 4.78 is 4.60. The molecule has 0 aliphatic carbocycles. The zero-order chi connectivity index (χ0) is 13.0. The second-order valence-electron chi connectivity index (χ2n) is 3.58. The van der Waals surface area contributed by atoms with Gasteiger partial charge in [-0.25, -0.2) is 4.79 Å². The molecule has 1 aromatic carbocycles. The maximum absolute atomic E-state index is 11.3. The Hall–Kier alpha value is -2.67. The van der Waals surface area contributed by atoms with E-state index in [-0.39, 0.29) is 0 Å². The van der Waals surface area contributed by atoms with Gasteiger partial charge in [-0.3, -0.25) is 4.98 Å². The molecule has 4 nitrogen and oxygen atoms in total. The van der Waals surface area contributed by atoms with E-state index in [9.17, 15) is 4.79 Å². The van der Waals surface area contributed by atoms with Crippen molar-refractivity contribution in [3.05, 3.63) is 53.7 Å². The fourth-order valence-corrected chi connectivity index (χ4v) is 1.60. The smallest absolute Gasteiger partial charge is 0.339 e. The number of nitriles is 1. The first-order chi connectivity index (χ1) is 8.76. The topological polar surface area (TPSA) is 63.0 Å². The predicted octanol–water partition coefficient (Wildman–Crippen LogP) is 2.41. The van der Waals surface area contributed by atoms with E-state index in [0.717, 1.165) is 5.56 Å². The van der Waals surface area contributed by atoms with Crippen molar-refractivity contribution in [3.8, 4) is 17.3 Å². The van der Waals surface area contributed by atoms with Gasteiger partial charge in [-0.05, 0) is 18.2 Å². The average molecular weight is 238 g/mol. The third-order valence-corrected chi connectivity index (χ3v) is 2.51. The largest absolute Gasteiger partial charge is 0.465 e. The fourth-order valence-electron chi connectivity index (χ4n) is 1.60. The van der Waals surface area contributed by atoms with Crippen molar-refractivity contribution < 1.29 is 9.53 Å². The molecular formula is C14H10N2O2. The number of ether oxygens (including phenoxy) is 1. The highest BCUT2D eigenvalue weighted by molar-refractivity contribution is 5.89. The van der Waals surface area contributed by atoms with E-state index in [1.165, 1.54) is 13.3 Å². The summed E-state index contributed by atoms with van der Waals surface area (Å²) in [5, 5.41) is 9.01. The zero-order valence-electron chi connectivity index (χ0n) is 9.75. The Morgan fingerprint density at radius 2 is 2.06 bits per heavy atom. The van der Waals surface area contributed by atoms with Crippen LogP contribution < -0.4 is 0 Å². The second-order valence-corrected chi connectivity index (χ2v) is 3.58. The third kappa shape index (κ3) is 2.20. The summed E-state index contributed by atoms with van der Waals surface area (Å²) in [6.07, 6.45) is 1.44. The van der Waals surface area contributed by atoms with Gasteiger partial charge in [0.25, 0.3) is 0 Å². The molecule has 0 fully saturated rings. The molecule has 2 aromatic rings. The SMILES string of the molecule is COC(=O)c1ccc(-c2ccccc2C#N)nc1. The number of esters is 1. The van der Waals surface area contributed by atoms with Crippen LogP contribution in [0.3, 0.4) is 0 Å². The number of hydrogen-bond acceptors (Lipinski definition) is 4. The lowest BCUT2D eigenvalue weighted by Crippen LogP contribution is -2.01. The Kier molecular flexibility index (Phi) is 3.35.